The quantitative estimate of drug-likeness (QED) is 0.841. The van der Waals surface area contributed by atoms with E-state index >= 15 is 0 Å². The Hall–Kier alpha value is -2.57. The van der Waals surface area contributed by atoms with Gasteiger partial charge in [0.25, 0.3) is 5.91 Å². The molecule has 1 heterocycles. The second-order valence-corrected chi connectivity index (χ2v) is 6.09. The van der Waals surface area contributed by atoms with Gasteiger partial charge in [0.05, 0.1) is 22.5 Å². The maximum atomic E-state index is 13.0. The summed E-state index contributed by atoms with van der Waals surface area (Å²) in [5.74, 6) is -0.626. The summed E-state index contributed by atoms with van der Waals surface area (Å²) in [5, 5.41) is 5.64. The van der Waals surface area contributed by atoms with Crippen molar-refractivity contribution < 1.29 is 18.0 Å². The van der Waals surface area contributed by atoms with Gasteiger partial charge in [0.1, 0.15) is 0 Å². The van der Waals surface area contributed by atoms with Crippen LogP contribution in [-0.2, 0) is 6.18 Å². The normalized spacial score (nSPS) is 15.2. The maximum absolute atomic E-state index is 13.0. The third-order valence-electron chi connectivity index (χ3n) is 4.21. The lowest BCUT2D eigenvalue weighted by Gasteiger charge is -2.15. The first kappa shape index (κ1) is 17.3. The number of para-hydroxylation sites is 1. The number of pyridine rings is 1. The van der Waals surface area contributed by atoms with E-state index in [0.29, 0.717) is 11.7 Å². The Labute approximate surface area is 143 Å². The van der Waals surface area contributed by atoms with Crippen LogP contribution in [0.5, 0.6) is 0 Å². The highest BCUT2D eigenvalue weighted by Crippen LogP contribution is 2.34. The third-order valence-corrected chi connectivity index (χ3v) is 4.21. The summed E-state index contributed by atoms with van der Waals surface area (Å²) in [6.07, 6.45) is 2.88. The van der Waals surface area contributed by atoms with E-state index in [1.165, 1.54) is 37.2 Å². The van der Waals surface area contributed by atoms with E-state index in [9.17, 15) is 18.0 Å². The number of aromatic nitrogens is 1. The molecule has 2 aromatic rings. The van der Waals surface area contributed by atoms with Crippen molar-refractivity contribution in [3.05, 3.63) is 53.9 Å². The van der Waals surface area contributed by atoms with Crippen LogP contribution >= 0.6 is 0 Å². The molecule has 1 aromatic heterocycles. The third kappa shape index (κ3) is 4.29. The zero-order chi connectivity index (χ0) is 17.9. The topological polar surface area (TPSA) is 54.0 Å². The fourth-order valence-electron chi connectivity index (χ4n) is 2.98. The first-order valence-electron chi connectivity index (χ1n) is 8.12. The van der Waals surface area contributed by atoms with E-state index in [-0.39, 0.29) is 11.3 Å². The lowest BCUT2D eigenvalue weighted by Crippen LogP contribution is -2.18. The van der Waals surface area contributed by atoms with Crippen LogP contribution in [0.1, 0.15) is 41.6 Å². The molecule has 2 N–H and O–H groups in total. The number of anilines is 2. The number of amides is 1. The number of benzene rings is 1. The van der Waals surface area contributed by atoms with Crippen molar-refractivity contribution in [2.24, 2.45) is 0 Å². The van der Waals surface area contributed by atoms with Crippen LogP contribution in [-0.4, -0.2) is 16.9 Å². The number of halogens is 3. The minimum absolute atomic E-state index is 0.208. The standard InChI is InChI=1S/C18H18F3N3O/c19-18(20,21)15-7-3-4-8-16(15)24-17(25)12-9-14(11-22-10-12)23-13-5-1-2-6-13/h3-4,7-11,13,23H,1-2,5-6H2,(H,24,25). The van der Waals surface area contributed by atoms with Crippen molar-refractivity contribution in [3.8, 4) is 0 Å². The van der Waals surface area contributed by atoms with Gasteiger partial charge in [0, 0.05) is 18.4 Å². The second kappa shape index (κ2) is 7.13. The fourth-order valence-corrected chi connectivity index (χ4v) is 2.98. The number of nitrogens with zero attached hydrogens (tertiary/aromatic N) is 1. The van der Waals surface area contributed by atoms with Crippen molar-refractivity contribution >= 4 is 17.3 Å². The fraction of sp³-hybridized carbons (Fsp3) is 0.333. The molecule has 3 rings (SSSR count). The number of alkyl halides is 3. The summed E-state index contributed by atoms with van der Waals surface area (Å²) in [6, 6.07) is 6.86. The molecule has 0 bridgehead atoms. The Balaban J connectivity index is 1.76. The van der Waals surface area contributed by atoms with Gasteiger partial charge in [0.15, 0.2) is 0 Å². The van der Waals surface area contributed by atoms with Crippen LogP contribution in [0.2, 0.25) is 0 Å². The summed E-state index contributed by atoms with van der Waals surface area (Å²) in [7, 11) is 0. The minimum Gasteiger partial charge on any atom is -0.381 e. The largest absolute Gasteiger partial charge is 0.418 e. The number of hydrogen-bond donors (Lipinski definition) is 2. The molecule has 1 fully saturated rings. The van der Waals surface area contributed by atoms with Crippen LogP contribution in [0.25, 0.3) is 0 Å². The van der Waals surface area contributed by atoms with E-state index in [1.54, 1.807) is 12.3 Å². The van der Waals surface area contributed by atoms with Crippen molar-refractivity contribution in [2.45, 2.75) is 37.9 Å². The van der Waals surface area contributed by atoms with Gasteiger partial charge in [-0.15, -0.1) is 0 Å². The average Bonchev–Trinajstić information content (AvgIpc) is 3.07. The van der Waals surface area contributed by atoms with Crippen molar-refractivity contribution in [3.63, 3.8) is 0 Å². The van der Waals surface area contributed by atoms with E-state index in [2.05, 4.69) is 15.6 Å². The summed E-state index contributed by atoms with van der Waals surface area (Å²) in [4.78, 5) is 16.4. The molecule has 7 heteroatoms. The highest BCUT2D eigenvalue weighted by atomic mass is 19.4. The van der Waals surface area contributed by atoms with Gasteiger partial charge in [-0.1, -0.05) is 25.0 Å². The molecule has 1 aliphatic carbocycles. The van der Waals surface area contributed by atoms with Gasteiger partial charge in [-0.25, -0.2) is 0 Å². The van der Waals surface area contributed by atoms with Gasteiger partial charge < -0.3 is 10.6 Å². The first-order valence-corrected chi connectivity index (χ1v) is 8.12. The van der Waals surface area contributed by atoms with Crippen molar-refractivity contribution in [2.75, 3.05) is 10.6 Å². The lowest BCUT2D eigenvalue weighted by molar-refractivity contribution is -0.136. The molecule has 0 spiro atoms. The zero-order valence-electron chi connectivity index (χ0n) is 13.4. The van der Waals surface area contributed by atoms with E-state index in [0.717, 1.165) is 18.9 Å². The number of rotatable bonds is 4. The molecule has 1 amide bonds. The Morgan fingerprint density at radius 3 is 2.56 bits per heavy atom. The Bertz CT molecular complexity index is 755. The zero-order valence-corrected chi connectivity index (χ0v) is 13.4. The Kier molecular flexibility index (Phi) is 4.92. The number of carbonyl (C=O) groups is 1. The highest BCUT2D eigenvalue weighted by molar-refractivity contribution is 6.05. The molecular weight excluding hydrogens is 331 g/mol. The van der Waals surface area contributed by atoms with Crippen LogP contribution < -0.4 is 10.6 Å². The van der Waals surface area contributed by atoms with Crippen LogP contribution in [0.4, 0.5) is 24.5 Å². The van der Waals surface area contributed by atoms with Gasteiger partial charge >= 0.3 is 6.18 Å². The lowest BCUT2D eigenvalue weighted by atomic mass is 10.1. The van der Waals surface area contributed by atoms with Gasteiger partial charge in [0.2, 0.25) is 0 Å². The first-order chi connectivity index (χ1) is 11.9. The van der Waals surface area contributed by atoms with Crippen LogP contribution in [0, 0.1) is 0 Å². The molecule has 25 heavy (non-hydrogen) atoms. The van der Waals surface area contributed by atoms with Crippen LogP contribution in [0.15, 0.2) is 42.7 Å². The average molecular weight is 349 g/mol. The minimum atomic E-state index is -4.53. The van der Waals surface area contributed by atoms with Gasteiger partial charge in [-0.05, 0) is 31.0 Å². The van der Waals surface area contributed by atoms with E-state index in [4.69, 9.17) is 0 Å². The van der Waals surface area contributed by atoms with E-state index in [1.807, 2.05) is 0 Å². The molecule has 1 aromatic carbocycles. The number of hydrogen-bond acceptors (Lipinski definition) is 3. The molecule has 1 saturated carbocycles. The maximum Gasteiger partial charge on any atom is 0.418 e. The molecule has 4 nitrogen and oxygen atoms in total. The summed E-state index contributed by atoms with van der Waals surface area (Å²) in [5.41, 5.74) is -0.241. The smallest absolute Gasteiger partial charge is 0.381 e. The molecule has 0 aliphatic heterocycles. The molecule has 0 radical (unpaired) electrons. The van der Waals surface area contributed by atoms with Crippen molar-refractivity contribution in [1.82, 2.24) is 4.98 Å². The Morgan fingerprint density at radius 1 is 1.12 bits per heavy atom. The number of carbonyl (C=O) groups excluding carboxylic acids is 1. The van der Waals surface area contributed by atoms with Crippen LogP contribution in [0.3, 0.4) is 0 Å². The molecular formula is C18H18F3N3O. The molecule has 0 unspecified atom stereocenters. The highest BCUT2D eigenvalue weighted by Gasteiger charge is 2.33. The predicted molar refractivity (Wildman–Crippen MR) is 89.5 cm³/mol. The summed E-state index contributed by atoms with van der Waals surface area (Å²) < 4.78 is 39.1. The molecule has 132 valence electrons. The van der Waals surface area contributed by atoms with Crippen molar-refractivity contribution in [1.29, 1.82) is 0 Å². The monoisotopic (exact) mass is 349 g/mol. The van der Waals surface area contributed by atoms with Gasteiger partial charge in [-0.2, -0.15) is 13.2 Å². The predicted octanol–water partition coefficient (Wildman–Crippen LogP) is 4.71. The summed E-state index contributed by atoms with van der Waals surface area (Å²) >= 11 is 0. The molecule has 0 saturated heterocycles. The molecule has 0 atom stereocenters. The number of nitrogens with one attached hydrogen (secondary N) is 2. The second-order valence-electron chi connectivity index (χ2n) is 6.09. The molecule has 1 aliphatic rings. The SMILES string of the molecule is O=C(Nc1ccccc1C(F)(F)F)c1cncc(NC2CCCC2)c1. The van der Waals surface area contributed by atoms with E-state index < -0.39 is 17.6 Å². The summed E-state index contributed by atoms with van der Waals surface area (Å²) in [6.45, 7) is 0. The van der Waals surface area contributed by atoms with Gasteiger partial charge in [-0.3, -0.25) is 9.78 Å². The Morgan fingerprint density at radius 2 is 1.84 bits per heavy atom.